The van der Waals surface area contributed by atoms with Gasteiger partial charge in [-0.15, -0.1) is 0 Å². The zero-order valence-electron chi connectivity index (χ0n) is 10.5. The second-order valence-electron chi connectivity index (χ2n) is 5.19. The Hall–Kier alpha value is -0.750. The first-order valence-corrected chi connectivity index (χ1v) is 7.07. The molecule has 1 aromatic carbocycles. The number of anilines is 1. The van der Waals surface area contributed by atoms with Crippen LogP contribution < -0.4 is 5.73 Å². The second-order valence-corrected chi connectivity index (χ2v) is 6.70. The van der Waals surface area contributed by atoms with Gasteiger partial charge in [0, 0.05) is 10.4 Å². The number of hydrogen-bond acceptors (Lipinski definition) is 2. The van der Waals surface area contributed by atoms with Gasteiger partial charge in [-0.1, -0.05) is 38.4 Å². The molecule has 0 aliphatic heterocycles. The molecule has 0 saturated heterocycles. The smallest absolute Gasteiger partial charge is 0.141 e. The van der Waals surface area contributed by atoms with E-state index in [0.717, 1.165) is 15.0 Å². The number of hydrogen-bond donors (Lipinski definition) is 1. The fourth-order valence-corrected chi connectivity index (χ4v) is 3.03. The van der Waals surface area contributed by atoms with E-state index in [1.807, 2.05) is 24.3 Å². The molecule has 0 radical (unpaired) electrons. The molecule has 1 aromatic heterocycles. The van der Waals surface area contributed by atoms with Crippen molar-refractivity contribution in [3.63, 3.8) is 0 Å². The molecule has 0 aliphatic rings. The first-order chi connectivity index (χ1) is 8.30. The van der Waals surface area contributed by atoms with Crippen molar-refractivity contribution in [2.24, 2.45) is 0 Å². The molecule has 2 rings (SSSR count). The van der Waals surface area contributed by atoms with Crippen LogP contribution in [0, 0.1) is 3.57 Å². The first-order valence-electron chi connectivity index (χ1n) is 5.61. The summed E-state index contributed by atoms with van der Waals surface area (Å²) in [6.07, 6.45) is 0. The van der Waals surface area contributed by atoms with Crippen molar-refractivity contribution in [2.45, 2.75) is 26.2 Å². The maximum atomic E-state index is 6.13. The Morgan fingerprint density at radius 2 is 2.00 bits per heavy atom. The standard InChI is InChI=1S/C13H15ClIN3/c1-13(2,3)11-10(15)12(16)18(17-11)9-6-4-5-8(14)7-9/h4-7H,16H2,1-3H3. The summed E-state index contributed by atoms with van der Waals surface area (Å²) < 4.78 is 2.74. The summed E-state index contributed by atoms with van der Waals surface area (Å²) in [4.78, 5) is 0. The Morgan fingerprint density at radius 3 is 2.50 bits per heavy atom. The zero-order valence-corrected chi connectivity index (χ0v) is 13.5. The van der Waals surface area contributed by atoms with Crippen LogP contribution in [0.5, 0.6) is 0 Å². The lowest BCUT2D eigenvalue weighted by atomic mass is 9.92. The molecule has 0 amide bonds. The molecule has 3 nitrogen and oxygen atoms in total. The van der Waals surface area contributed by atoms with E-state index in [0.29, 0.717) is 10.8 Å². The van der Waals surface area contributed by atoms with Crippen LogP contribution in [0.2, 0.25) is 5.02 Å². The molecule has 0 bridgehead atoms. The average molecular weight is 376 g/mol. The van der Waals surface area contributed by atoms with Crippen molar-refractivity contribution in [1.82, 2.24) is 9.78 Å². The Balaban J connectivity index is 2.60. The maximum absolute atomic E-state index is 6.13. The van der Waals surface area contributed by atoms with Crippen LogP contribution in [0.3, 0.4) is 0 Å². The minimum absolute atomic E-state index is 0.0333. The van der Waals surface area contributed by atoms with Crippen molar-refractivity contribution in [2.75, 3.05) is 5.73 Å². The molecule has 18 heavy (non-hydrogen) atoms. The minimum atomic E-state index is -0.0333. The molecule has 96 valence electrons. The van der Waals surface area contributed by atoms with E-state index in [2.05, 4.69) is 48.5 Å². The van der Waals surface area contributed by atoms with Crippen LogP contribution >= 0.6 is 34.2 Å². The topological polar surface area (TPSA) is 43.8 Å². The normalized spacial score (nSPS) is 11.8. The van der Waals surface area contributed by atoms with Crippen LogP contribution in [0.25, 0.3) is 5.69 Å². The van der Waals surface area contributed by atoms with Gasteiger partial charge < -0.3 is 5.73 Å². The van der Waals surface area contributed by atoms with Gasteiger partial charge in [-0.3, -0.25) is 0 Å². The summed E-state index contributed by atoms with van der Waals surface area (Å²) in [6.45, 7) is 6.37. The Kier molecular flexibility index (Phi) is 3.60. The quantitative estimate of drug-likeness (QED) is 0.765. The number of halogens is 2. The van der Waals surface area contributed by atoms with Gasteiger partial charge in [0.25, 0.3) is 0 Å². The first kappa shape index (κ1) is 13.7. The molecule has 0 aliphatic carbocycles. The molecule has 1 heterocycles. The lowest BCUT2D eigenvalue weighted by Gasteiger charge is -2.15. The largest absolute Gasteiger partial charge is 0.383 e. The van der Waals surface area contributed by atoms with E-state index in [9.17, 15) is 0 Å². The summed E-state index contributed by atoms with van der Waals surface area (Å²) >= 11 is 8.24. The fourth-order valence-electron chi connectivity index (χ4n) is 1.70. The molecule has 0 unspecified atom stereocenters. The Bertz CT molecular complexity index is 584. The summed E-state index contributed by atoms with van der Waals surface area (Å²) in [7, 11) is 0. The SMILES string of the molecule is CC(C)(C)c1nn(-c2cccc(Cl)c2)c(N)c1I. The van der Waals surface area contributed by atoms with Crippen molar-refractivity contribution in [3.05, 3.63) is 38.6 Å². The van der Waals surface area contributed by atoms with Gasteiger partial charge in [-0.05, 0) is 40.8 Å². The lowest BCUT2D eigenvalue weighted by molar-refractivity contribution is 0.557. The van der Waals surface area contributed by atoms with Gasteiger partial charge in [-0.25, -0.2) is 4.68 Å². The lowest BCUT2D eigenvalue weighted by Crippen LogP contribution is -2.14. The van der Waals surface area contributed by atoms with Crippen molar-refractivity contribution in [1.29, 1.82) is 0 Å². The number of nitrogens with two attached hydrogens (primary N) is 1. The maximum Gasteiger partial charge on any atom is 0.141 e. The van der Waals surface area contributed by atoms with Gasteiger partial charge in [0.15, 0.2) is 0 Å². The monoisotopic (exact) mass is 375 g/mol. The van der Waals surface area contributed by atoms with Gasteiger partial charge in [0.05, 0.1) is 15.0 Å². The van der Waals surface area contributed by atoms with Crippen LogP contribution in [0.4, 0.5) is 5.82 Å². The van der Waals surface area contributed by atoms with Crippen molar-refractivity contribution < 1.29 is 0 Å². The Labute approximate surface area is 125 Å². The van der Waals surface area contributed by atoms with Crippen molar-refractivity contribution in [3.8, 4) is 5.69 Å². The summed E-state index contributed by atoms with van der Waals surface area (Å²) in [5.74, 6) is 0.655. The molecule has 2 N–H and O–H groups in total. The van der Waals surface area contributed by atoms with Gasteiger partial charge in [0.1, 0.15) is 5.82 Å². The Morgan fingerprint density at radius 1 is 1.33 bits per heavy atom. The van der Waals surface area contributed by atoms with Gasteiger partial charge >= 0.3 is 0 Å². The number of aromatic nitrogens is 2. The number of rotatable bonds is 1. The third-order valence-electron chi connectivity index (χ3n) is 2.62. The van der Waals surface area contributed by atoms with E-state index < -0.39 is 0 Å². The average Bonchev–Trinajstić information content (AvgIpc) is 2.55. The van der Waals surface area contributed by atoms with Gasteiger partial charge in [-0.2, -0.15) is 5.10 Å². The van der Waals surface area contributed by atoms with E-state index in [4.69, 9.17) is 17.3 Å². The van der Waals surface area contributed by atoms with Crippen LogP contribution in [0.1, 0.15) is 26.5 Å². The summed E-state index contributed by atoms with van der Waals surface area (Å²) in [5.41, 5.74) is 7.98. The molecule has 5 heteroatoms. The van der Waals surface area contributed by atoms with E-state index in [1.54, 1.807) is 4.68 Å². The predicted octanol–water partition coefficient (Wildman–Crippen LogP) is 4.01. The highest BCUT2D eigenvalue weighted by Gasteiger charge is 2.24. The molecular weight excluding hydrogens is 361 g/mol. The van der Waals surface area contributed by atoms with Gasteiger partial charge in [0.2, 0.25) is 0 Å². The minimum Gasteiger partial charge on any atom is -0.383 e. The van der Waals surface area contributed by atoms with E-state index >= 15 is 0 Å². The third-order valence-corrected chi connectivity index (χ3v) is 3.92. The van der Waals surface area contributed by atoms with Crippen molar-refractivity contribution >= 4 is 40.0 Å². The van der Waals surface area contributed by atoms with Crippen LogP contribution in [0.15, 0.2) is 24.3 Å². The second kappa shape index (κ2) is 4.74. The molecule has 0 atom stereocenters. The molecule has 0 fully saturated rings. The third kappa shape index (κ3) is 2.49. The molecule has 0 spiro atoms. The number of nitrogens with zero attached hydrogens (tertiary/aromatic N) is 2. The fraction of sp³-hybridized carbons (Fsp3) is 0.308. The summed E-state index contributed by atoms with van der Waals surface area (Å²) in [6, 6.07) is 7.52. The zero-order chi connectivity index (χ0) is 13.5. The predicted molar refractivity (Wildman–Crippen MR) is 84.4 cm³/mol. The molecular formula is C13H15ClIN3. The highest BCUT2D eigenvalue weighted by Crippen LogP contribution is 2.31. The van der Waals surface area contributed by atoms with Crippen LogP contribution in [-0.2, 0) is 5.41 Å². The highest BCUT2D eigenvalue weighted by molar-refractivity contribution is 14.1. The highest BCUT2D eigenvalue weighted by atomic mass is 127. The number of nitrogen functional groups attached to an aromatic ring is 1. The molecule has 0 saturated carbocycles. The van der Waals surface area contributed by atoms with E-state index in [1.165, 1.54) is 0 Å². The number of benzene rings is 1. The molecule has 2 aromatic rings. The van der Waals surface area contributed by atoms with E-state index in [-0.39, 0.29) is 5.41 Å². The summed E-state index contributed by atoms with van der Waals surface area (Å²) in [5, 5.41) is 5.29. The van der Waals surface area contributed by atoms with Crippen LogP contribution in [-0.4, -0.2) is 9.78 Å².